The topological polar surface area (TPSA) is 179 Å². The van der Waals surface area contributed by atoms with Gasteiger partial charge in [0, 0.05) is 29.6 Å². The Bertz CT molecular complexity index is 1930. The minimum absolute atomic E-state index is 0.0170. The molecule has 0 aromatic carbocycles. The number of hydrogen-bond donors (Lipinski definition) is 4. The number of carbonyl (C=O) groups is 5. The van der Waals surface area contributed by atoms with Crippen LogP contribution in [0, 0.1) is 27.6 Å². The Balaban J connectivity index is 0.000000285. The lowest BCUT2D eigenvalue weighted by Gasteiger charge is -2.43. The molecule has 0 amide bonds. The van der Waals surface area contributed by atoms with Gasteiger partial charge in [0.2, 0.25) is 0 Å². The van der Waals surface area contributed by atoms with Gasteiger partial charge in [-0.25, -0.2) is 0 Å². The normalized spacial score (nSPS) is 32.9. The first kappa shape index (κ1) is 54.5. The van der Waals surface area contributed by atoms with Gasteiger partial charge in [-0.1, -0.05) is 84.8 Å². The first-order valence-electron chi connectivity index (χ1n) is 21.9. The largest absolute Gasteiger partial charge is 0.393 e. The van der Waals surface area contributed by atoms with Gasteiger partial charge in [0.1, 0.15) is 16.8 Å². The van der Waals surface area contributed by atoms with E-state index < -0.39 is 11.0 Å². The smallest absolute Gasteiger partial charge is 0.156 e. The van der Waals surface area contributed by atoms with Crippen molar-refractivity contribution >= 4 is 28.9 Å². The van der Waals surface area contributed by atoms with Crippen molar-refractivity contribution in [2.45, 2.75) is 184 Å². The third-order valence-electron chi connectivity index (χ3n) is 13.3. The third kappa shape index (κ3) is 13.7. The average Bonchev–Trinajstić information content (AvgIpc) is 3.69. The molecule has 0 aromatic rings. The lowest BCUT2D eigenvalue weighted by Crippen LogP contribution is -2.48. The summed E-state index contributed by atoms with van der Waals surface area (Å²) in [5.41, 5.74) is 1.50. The molecule has 0 spiro atoms. The van der Waals surface area contributed by atoms with Crippen LogP contribution in [0.4, 0.5) is 0 Å². The molecule has 0 radical (unpaired) electrons. The van der Waals surface area contributed by atoms with Crippen molar-refractivity contribution in [2.24, 2.45) is 27.6 Å². The molecule has 2 fully saturated rings. The molecule has 0 aromatic heterocycles. The van der Waals surface area contributed by atoms with Crippen molar-refractivity contribution < 1.29 is 49.1 Å². The molecule has 1 heterocycles. The van der Waals surface area contributed by atoms with Gasteiger partial charge in [0.25, 0.3) is 0 Å². The number of fused-ring (bicyclic) bond motifs is 1. The monoisotopic (exact) mass is 863 g/mol. The second-order valence-electron chi connectivity index (χ2n) is 21.2. The van der Waals surface area contributed by atoms with Crippen LogP contribution in [-0.2, 0) is 28.7 Å². The fourth-order valence-corrected chi connectivity index (χ4v) is 10.2. The lowest BCUT2D eigenvalue weighted by atomic mass is 9.63. The molecule has 1 saturated heterocycles. The number of aliphatic hydroxyl groups excluding tert-OH is 3. The van der Waals surface area contributed by atoms with Crippen molar-refractivity contribution in [3.05, 3.63) is 83.1 Å². The van der Waals surface area contributed by atoms with Crippen LogP contribution in [0.1, 0.15) is 149 Å². The van der Waals surface area contributed by atoms with Gasteiger partial charge < -0.3 is 25.2 Å². The highest BCUT2D eigenvalue weighted by atomic mass is 16.6. The maximum atomic E-state index is 11.4. The predicted octanol–water partition coefficient (Wildman–Crippen LogP) is 8.76. The quantitative estimate of drug-likeness (QED) is 0.105. The van der Waals surface area contributed by atoms with Crippen molar-refractivity contribution in [3.63, 3.8) is 0 Å². The molecular weight excluding hydrogens is 785 g/mol. The van der Waals surface area contributed by atoms with E-state index in [0.717, 1.165) is 24.8 Å². The molecule has 4 aliphatic carbocycles. The van der Waals surface area contributed by atoms with Gasteiger partial charge >= 0.3 is 0 Å². The number of hydrogen-bond acceptors (Lipinski definition) is 10. The zero-order valence-corrected chi connectivity index (χ0v) is 40.6. The Morgan fingerprint density at radius 1 is 0.694 bits per heavy atom. The Kier molecular flexibility index (Phi) is 18.0. The van der Waals surface area contributed by atoms with Gasteiger partial charge in [-0.15, -0.1) is 0 Å². The van der Waals surface area contributed by atoms with E-state index in [1.807, 2.05) is 58.9 Å². The summed E-state index contributed by atoms with van der Waals surface area (Å²) in [7, 11) is 0. The molecule has 62 heavy (non-hydrogen) atoms. The molecule has 10 nitrogen and oxygen atoms in total. The molecule has 1 aliphatic heterocycles. The Hall–Kier alpha value is -3.67. The summed E-state index contributed by atoms with van der Waals surface area (Å²) < 4.78 is 5.89. The summed E-state index contributed by atoms with van der Waals surface area (Å²) in [6.45, 7) is 30.2. The lowest BCUT2D eigenvalue weighted by molar-refractivity contribution is -0.121. The number of aliphatic hydroxyl groups is 4. The van der Waals surface area contributed by atoms with Crippen LogP contribution in [-0.4, -0.2) is 84.5 Å². The van der Waals surface area contributed by atoms with Crippen LogP contribution in [0.5, 0.6) is 0 Å². The first-order valence-corrected chi connectivity index (χ1v) is 21.9. The summed E-state index contributed by atoms with van der Waals surface area (Å²) in [5, 5.41) is 39.7. The number of ketones is 5. The van der Waals surface area contributed by atoms with Crippen LogP contribution < -0.4 is 0 Å². The van der Waals surface area contributed by atoms with Gasteiger partial charge in [-0.05, 0) is 146 Å². The van der Waals surface area contributed by atoms with E-state index in [2.05, 4.69) is 41.5 Å². The summed E-state index contributed by atoms with van der Waals surface area (Å²) in [6.07, 6.45) is 19.8. The minimum Gasteiger partial charge on any atom is -0.393 e. The fraction of sp³-hybridized carbons (Fsp3) is 0.635. The first-order chi connectivity index (χ1) is 28.1. The highest BCUT2D eigenvalue weighted by Crippen LogP contribution is 2.66. The highest BCUT2D eigenvalue weighted by molar-refractivity contribution is 5.93. The standard InChI is InChI=1S/C13H20O3.C13H18O3.2C13H20O2/c1-9(14)5-6-13-11(2,3)7-10(15)8-12(13,4)16-13;1-9-7-11(15)8-12(3,4)13(9,16)6-5-10(2)14;2*1-9-7-11(15)8-13(3,4)12(9)6-5-10(2)14/h5-6,10,15H,7-8H2,1-4H3;5-7,16H,8H2,1-4H3;5-6,11,15H,7-8H2,1-4H3;5-7,11-12,15H,8H2,1-4H3/b4*6-5+/t10-,12+,13-;13-;11-;11-,12-/m0110/s1. The Morgan fingerprint density at radius 2 is 1.23 bits per heavy atom. The third-order valence-corrected chi connectivity index (χ3v) is 13.3. The van der Waals surface area contributed by atoms with Crippen LogP contribution in [0.15, 0.2) is 83.1 Å². The van der Waals surface area contributed by atoms with Crippen molar-refractivity contribution in [2.75, 3.05) is 0 Å². The minimum atomic E-state index is -1.22. The summed E-state index contributed by atoms with van der Waals surface area (Å²) >= 11 is 0. The summed E-state index contributed by atoms with van der Waals surface area (Å²) in [4.78, 5) is 55.2. The van der Waals surface area contributed by atoms with E-state index in [9.17, 15) is 44.4 Å². The molecule has 0 bridgehead atoms. The van der Waals surface area contributed by atoms with E-state index in [-0.39, 0.29) is 87.0 Å². The van der Waals surface area contributed by atoms with Gasteiger partial charge in [0.05, 0.1) is 18.3 Å². The maximum Gasteiger partial charge on any atom is 0.156 e. The Morgan fingerprint density at radius 3 is 1.69 bits per heavy atom. The number of allylic oxidation sites excluding steroid dienone is 9. The molecule has 7 atom stereocenters. The molecular formula is C52H78O10. The van der Waals surface area contributed by atoms with E-state index in [0.29, 0.717) is 18.4 Å². The number of epoxide rings is 1. The molecule has 4 N–H and O–H groups in total. The zero-order valence-electron chi connectivity index (χ0n) is 40.6. The molecule has 5 aliphatic rings. The van der Waals surface area contributed by atoms with Crippen molar-refractivity contribution in [1.29, 1.82) is 0 Å². The predicted molar refractivity (Wildman–Crippen MR) is 246 cm³/mol. The maximum absolute atomic E-state index is 11.4. The zero-order chi connectivity index (χ0) is 48.0. The highest BCUT2D eigenvalue weighted by Gasteiger charge is 2.74. The van der Waals surface area contributed by atoms with E-state index >= 15 is 0 Å². The van der Waals surface area contributed by atoms with E-state index in [1.165, 1.54) is 43.2 Å². The van der Waals surface area contributed by atoms with E-state index in [4.69, 9.17) is 4.74 Å². The average molecular weight is 863 g/mol. The molecule has 1 saturated carbocycles. The Labute approximate surface area is 372 Å². The van der Waals surface area contributed by atoms with Crippen LogP contribution in [0.25, 0.3) is 0 Å². The molecule has 10 heteroatoms. The van der Waals surface area contributed by atoms with Gasteiger partial charge in [-0.3, -0.25) is 24.0 Å². The number of ether oxygens (including phenoxy) is 1. The van der Waals surface area contributed by atoms with Gasteiger partial charge in [0.15, 0.2) is 28.9 Å². The SMILES string of the molecule is CC(=O)/C=C/C1=C(C)C[C@@H](O)CC1(C)C.CC(=O)/C=C/[C@@]1(O)C(C)=CC(=O)CC1(C)C.CC(=O)/C=C/[C@@]12O[C@]1(C)C[C@@H](O)CC2(C)C.CC(=O)/C=C/[C@H]1C(C)=C[C@H](O)CC1(C)C. The molecule has 5 rings (SSSR count). The fourth-order valence-electron chi connectivity index (χ4n) is 10.2. The molecule has 346 valence electrons. The van der Waals surface area contributed by atoms with Crippen molar-refractivity contribution in [1.82, 2.24) is 0 Å². The number of carbonyl (C=O) groups excluding carboxylic acids is 5. The second kappa shape index (κ2) is 20.4. The van der Waals surface area contributed by atoms with Gasteiger partial charge in [-0.2, -0.15) is 0 Å². The second-order valence-corrected chi connectivity index (χ2v) is 21.2. The molecule has 0 unspecified atom stereocenters. The summed E-state index contributed by atoms with van der Waals surface area (Å²) in [5.74, 6) is 0.332. The van der Waals surface area contributed by atoms with Crippen LogP contribution >= 0.6 is 0 Å². The van der Waals surface area contributed by atoms with Crippen LogP contribution in [0.2, 0.25) is 0 Å². The van der Waals surface area contributed by atoms with Crippen molar-refractivity contribution in [3.8, 4) is 0 Å². The van der Waals surface area contributed by atoms with Crippen LogP contribution in [0.3, 0.4) is 0 Å². The summed E-state index contributed by atoms with van der Waals surface area (Å²) in [6, 6.07) is 0. The van der Waals surface area contributed by atoms with E-state index in [1.54, 1.807) is 39.0 Å². The number of rotatable bonds is 8.